The van der Waals surface area contributed by atoms with Gasteiger partial charge in [-0.3, -0.25) is 4.68 Å². The van der Waals surface area contributed by atoms with Gasteiger partial charge in [-0.05, 0) is 24.6 Å². The number of benzene rings is 1. The van der Waals surface area contributed by atoms with Crippen molar-refractivity contribution in [3.63, 3.8) is 0 Å². The summed E-state index contributed by atoms with van der Waals surface area (Å²) >= 11 is 12.1. The normalized spacial score (nSPS) is 12.7. The molecular formula is C12H13Cl2N3. The van der Waals surface area contributed by atoms with Crippen LogP contribution in [0.3, 0.4) is 0 Å². The van der Waals surface area contributed by atoms with E-state index in [2.05, 4.69) is 5.10 Å². The Morgan fingerprint density at radius 2 is 2.18 bits per heavy atom. The molecule has 3 nitrogen and oxygen atoms in total. The monoisotopic (exact) mass is 269 g/mol. The quantitative estimate of drug-likeness (QED) is 0.930. The van der Waals surface area contributed by atoms with Gasteiger partial charge in [0.25, 0.3) is 0 Å². The van der Waals surface area contributed by atoms with Crippen LogP contribution < -0.4 is 5.73 Å². The second kappa shape index (κ2) is 5.08. The molecule has 1 atom stereocenters. The van der Waals surface area contributed by atoms with Gasteiger partial charge in [-0.15, -0.1) is 0 Å². The third-order valence-electron chi connectivity index (χ3n) is 2.64. The molecule has 0 radical (unpaired) electrons. The van der Waals surface area contributed by atoms with Crippen LogP contribution in [0.2, 0.25) is 10.0 Å². The fraction of sp³-hybridized carbons (Fsp3) is 0.250. The predicted molar refractivity (Wildman–Crippen MR) is 70.4 cm³/mol. The minimum atomic E-state index is -0.316. The Labute approximate surface area is 110 Å². The van der Waals surface area contributed by atoms with Crippen LogP contribution in [0.25, 0.3) is 0 Å². The third-order valence-corrected chi connectivity index (χ3v) is 3.16. The maximum atomic E-state index is 6.20. The summed E-state index contributed by atoms with van der Waals surface area (Å²) in [5.41, 5.74) is 7.94. The van der Waals surface area contributed by atoms with Crippen molar-refractivity contribution >= 4 is 23.2 Å². The highest BCUT2D eigenvalue weighted by molar-refractivity contribution is 6.31. The van der Waals surface area contributed by atoms with Crippen LogP contribution in [0.15, 0.2) is 30.5 Å². The molecule has 0 saturated carbocycles. The fourth-order valence-electron chi connectivity index (χ4n) is 1.79. The van der Waals surface area contributed by atoms with Gasteiger partial charge in [-0.1, -0.05) is 35.3 Å². The highest BCUT2D eigenvalue weighted by atomic mass is 35.5. The van der Waals surface area contributed by atoms with Crippen molar-refractivity contribution in [2.45, 2.75) is 19.5 Å². The van der Waals surface area contributed by atoms with Crippen molar-refractivity contribution < 1.29 is 0 Å². The number of hydrogen-bond donors (Lipinski definition) is 1. The van der Waals surface area contributed by atoms with Crippen LogP contribution in [-0.4, -0.2) is 9.78 Å². The zero-order valence-corrected chi connectivity index (χ0v) is 10.9. The maximum Gasteiger partial charge on any atom is 0.0837 e. The molecule has 0 aliphatic rings. The van der Waals surface area contributed by atoms with Gasteiger partial charge in [0.05, 0.1) is 23.0 Å². The van der Waals surface area contributed by atoms with E-state index in [9.17, 15) is 0 Å². The van der Waals surface area contributed by atoms with Crippen LogP contribution in [0.1, 0.15) is 24.2 Å². The largest absolute Gasteiger partial charge is 0.319 e. The number of hydrogen-bond acceptors (Lipinski definition) is 2. The molecule has 2 N–H and O–H groups in total. The second-order valence-electron chi connectivity index (χ2n) is 3.73. The van der Waals surface area contributed by atoms with Gasteiger partial charge in [0.2, 0.25) is 0 Å². The van der Waals surface area contributed by atoms with Crippen LogP contribution in [0.4, 0.5) is 0 Å². The fourth-order valence-corrected chi connectivity index (χ4v) is 2.25. The molecular weight excluding hydrogens is 257 g/mol. The molecule has 2 rings (SSSR count). The summed E-state index contributed by atoms with van der Waals surface area (Å²) in [4.78, 5) is 0. The number of nitrogens with two attached hydrogens (primary N) is 1. The van der Waals surface area contributed by atoms with E-state index in [0.717, 1.165) is 17.8 Å². The lowest BCUT2D eigenvalue weighted by atomic mass is 10.0. The summed E-state index contributed by atoms with van der Waals surface area (Å²) < 4.78 is 1.80. The molecule has 90 valence electrons. The van der Waals surface area contributed by atoms with Gasteiger partial charge in [-0.2, -0.15) is 5.10 Å². The van der Waals surface area contributed by atoms with Crippen molar-refractivity contribution in [2.24, 2.45) is 5.73 Å². The first kappa shape index (κ1) is 12.4. The summed E-state index contributed by atoms with van der Waals surface area (Å²) in [6.45, 7) is 2.73. The Balaban J connectivity index is 2.43. The number of rotatable bonds is 3. The Morgan fingerprint density at radius 1 is 1.41 bits per heavy atom. The molecule has 0 amide bonds. The predicted octanol–water partition coefficient (Wildman–Crippen LogP) is 3.26. The summed E-state index contributed by atoms with van der Waals surface area (Å²) in [7, 11) is 0. The first-order chi connectivity index (χ1) is 8.13. The Hall–Kier alpha value is -1.03. The van der Waals surface area contributed by atoms with Crippen molar-refractivity contribution in [2.75, 3.05) is 0 Å². The van der Waals surface area contributed by atoms with Gasteiger partial charge < -0.3 is 5.73 Å². The molecule has 1 aromatic carbocycles. The van der Waals surface area contributed by atoms with Crippen molar-refractivity contribution in [3.05, 3.63) is 51.8 Å². The van der Waals surface area contributed by atoms with Gasteiger partial charge in [0.1, 0.15) is 0 Å². The van der Waals surface area contributed by atoms with E-state index in [1.165, 1.54) is 0 Å². The van der Waals surface area contributed by atoms with Crippen molar-refractivity contribution in [1.82, 2.24) is 9.78 Å². The molecule has 5 heteroatoms. The van der Waals surface area contributed by atoms with Crippen LogP contribution in [0.5, 0.6) is 0 Å². The Bertz CT molecular complexity index is 522. The van der Waals surface area contributed by atoms with Crippen molar-refractivity contribution in [3.8, 4) is 0 Å². The number of aryl methyl sites for hydroxylation is 1. The molecule has 2 aromatic rings. The first-order valence-electron chi connectivity index (χ1n) is 5.35. The van der Waals surface area contributed by atoms with Crippen molar-refractivity contribution in [1.29, 1.82) is 0 Å². The van der Waals surface area contributed by atoms with E-state index in [4.69, 9.17) is 28.9 Å². The lowest BCUT2D eigenvalue weighted by Gasteiger charge is -2.14. The maximum absolute atomic E-state index is 6.20. The topological polar surface area (TPSA) is 43.8 Å². The summed E-state index contributed by atoms with van der Waals surface area (Å²) in [5.74, 6) is 0. The van der Waals surface area contributed by atoms with E-state index in [0.29, 0.717) is 10.0 Å². The highest BCUT2D eigenvalue weighted by Crippen LogP contribution is 2.27. The van der Waals surface area contributed by atoms with E-state index >= 15 is 0 Å². The summed E-state index contributed by atoms with van der Waals surface area (Å²) in [5, 5.41) is 5.42. The lowest BCUT2D eigenvalue weighted by Crippen LogP contribution is -2.17. The average Bonchev–Trinajstić information content (AvgIpc) is 2.69. The minimum Gasteiger partial charge on any atom is -0.319 e. The third kappa shape index (κ3) is 2.46. The molecule has 0 aliphatic heterocycles. The SMILES string of the molecule is CCn1ncc(Cl)c1C(N)c1cccc(Cl)c1. The van der Waals surface area contributed by atoms with Crippen LogP contribution in [-0.2, 0) is 6.54 Å². The molecule has 1 heterocycles. The second-order valence-corrected chi connectivity index (χ2v) is 4.57. The minimum absolute atomic E-state index is 0.316. The standard InChI is InChI=1S/C12H13Cl2N3/c1-2-17-12(10(14)7-16-17)11(15)8-4-3-5-9(13)6-8/h3-7,11H,2,15H2,1H3. The van der Waals surface area contributed by atoms with E-state index < -0.39 is 0 Å². The molecule has 1 aromatic heterocycles. The average molecular weight is 270 g/mol. The Kier molecular flexibility index (Phi) is 3.72. The number of aromatic nitrogens is 2. The van der Waals surface area contributed by atoms with E-state index in [-0.39, 0.29) is 6.04 Å². The van der Waals surface area contributed by atoms with E-state index in [1.54, 1.807) is 10.9 Å². The first-order valence-corrected chi connectivity index (χ1v) is 6.11. The highest BCUT2D eigenvalue weighted by Gasteiger charge is 2.18. The zero-order valence-electron chi connectivity index (χ0n) is 9.40. The molecule has 0 aliphatic carbocycles. The summed E-state index contributed by atoms with van der Waals surface area (Å²) in [6.07, 6.45) is 1.62. The van der Waals surface area contributed by atoms with Gasteiger partial charge in [0.15, 0.2) is 0 Å². The van der Waals surface area contributed by atoms with Gasteiger partial charge in [0, 0.05) is 11.6 Å². The molecule has 0 spiro atoms. The Morgan fingerprint density at radius 3 is 2.82 bits per heavy atom. The zero-order chi connectivity index (χ0) is 12.4. The number of nitrogens with zero attached hydrogens (tertiary/aromatic N) is 2. The number of halogens is 2. The van der Waals surface area contributed by atoms with Gasteiger partial charge in [-0.25, -0.2) is 0 Å². The molecule has 17 heavy (non-hydrogen) atoms. The lowest BCUT2D eigenvalue weighted by molar-refractivity contribution is 0.601. The van der Waals surface area contributed by atoms with Crippen LogP contribution in [0, 0.1) is 0 Å². The molecule has 0 fully saturated rings. The smallest absolute Gasteiger partial charge is 0.0837 e. The van der Waals surface area contributed by atoms with E-state index in [1.807, 2.05) is 31.2 Å². The molecule has 1 unspecified atom stereocenters. The van der Waals surface area contributed by atoms with Gasteiger partial charge >= 0.3 is 0 Å². The van der Waals surface area contributed by atoms with Crippen LogP contribution >= 0.6 is 23.2 Å². The summed E-state index contributed by atoms with van der Waals surface area (Å²) in [6, 6.07) is 7.15. The molecule has 0 bridgehead atoms. The molecule has 0 saturated heterocycles.